The van der Waals surface area contributed by atoms with Gasteiger partial charge in [-0.05, 0) is 25.7 Å². The van der Waals surface area contributed by atoms with E-state index in [-0.39, 0.29) is 12.5 Å². The van der Waals surface area contributed by atoms with Crippen molar-refractivity contribution in [3.05, 3.63) is 16.1 Å². The van der Waals surface area contributed by atoms with Crippen LogP contribution in [-0.2, 0) is 6.42 Å². The Bertz CT molecular complexity index is 388. The number of amides is 1. The van der Waals surface area contributed by atoms with Gasteiger partial charge in [0.1, 0.15) is 4.88 Å². The minimum Gasteiger partial charge on any atom is -0.395 e. The van der Waals surface area contributed by atoms with Crippen LogP contribution in [0.4, 0.5) is 0 Å². The molecule has 0 unspecified atom stereocenters. The molecule has 0 spiro atoms. The van der Waals surface area contributed by atoms with Gasteiger partial charge >= 0.3 is 0 Å². The number of rotatable bonds is 6. The van der Waals surface area contributed by atoms with Crippen molar-refractivity contribution in [2.24, 2.45) is 0 Å². The summed E-state index contributed by atoms with van der Waals surface area (Å²) in [4.78, 5) is 19.0. The molecule has 94 valence electrons. The predicted molar refractivity (Wildman–Crippen MR) is 67.3 cm³/mol. The number of aliphatic hydroxyl groups is 1. The van der Waals surface area contributed by atoms with Crippen LogP contribution >= 0.6 is 11.3 Å². The Morgan fingerprint density at radius 1 is 1.65 bits per heavy atom. The topological polar surface area (TPSA) is 53.4 Å². The Morgan fingerprint density at radius 2 is 2.41 bits per heavy atom. The van der Waals surface area contributed by atoms with E-state index in [1.54, 1.807) is 11.1 Å². The lowest BCUT2D eigenvalue weighted by Gasteiger charge is -2.20. The Balaban J connectivity index is 2.05. The lowest BCUT2D eigenvalue weighted by molar-refractivity contribution is 0.0712. The minimum atomic E-state index is 0.0291. The molecule has 1 N–H and O–H groups in total. The van der Waals surface area contributed by atoms with Crippen LogP contribution in [0.3, 0.4) is 0 Å². The van der Waals surface area contributed by atoms with E-state index < -0.39 is 0 Å². The molecule has 1 aromatic heterocycles. The van der Waals surface area contributed by atoms with E-state index in [0.717, 1.165) is 30.7 Å². The molecule has 0 radical (unpaired) electrons. The number of aryl methyl sites for hydroxylation is 1. The van der Waals surface area contributed by atoms with Gasteiger partial charge in [0.05, 0.1) is 17.8 Å². The first-order chi connectivity index (χ1) is 8.26. The Hall–Kier alpha value is -0.940. The normalized spacial score (nSPS) is 14.9. The van der Waals surface area contributed by atoms with E-state index in [4.69, 9.17) is 5.11 Å². The number of nitrogens with zero attached hydrogens (tertiary/aromatic N) is 2. The van der Waals surface area contributed by atoms with Crippen molar-refractivity contribution in [1.29, 1.82) is 0 Å². The van der Waals surface area contributed by atoms with Crippen LogP contribution in [-0.4, -0.2) is 40.1 Å². The van der Waals surface area contributed by atoms with E-state index in [2.05, 4.69) is 11.9 Å². The van der Waals surface area contributed by atoms with E-state index in [1.807, 2.05) is 0 Å². The van der Waals surface area contributed by atoms with Crippen molar-refractivity contribution in [3.8, 4) is 0 Å². The molecule has 0 atom stereocenters. The summed E-state index contributed by atoms with van der Waals surface area (Å²) < 4.78 is 0. The van der Waals surface area contributed by atoms with Crippen LogP contribution in [0.15, 0.2) is 6.20 Å². The minimum absolute atomic E-state index is 0.0291. The average molecular weight is 254 g/mol. The maximum Gasteiger partial charge on any atom is 0.265 e. The Kier molecular flexibility index (Phi) is 4.12. The van der Waals surface area contributed by atoms with Crippen molar-refractivity contribution in [3.63, 3.8) is 0 Å². The zero-order valence-electron chi connectivity index (χ0n) is 10.1. The number of aromatic nitrogens is 1. The molecule has 1 fully saturated rings. The fraction of sp³-hybridized carbons (Fsp3) is 0.667. The SMILES string of the molecule is CCCc1ncc(C(=O)N(CCO)C2CC2)s1. The van der Waals surface area contributed by atoms with Gasteiger partial charge in [-0.1, -0.05) is 6.92 Å². The fourth-order valence-electron chi connectivity index (χ4n) is 1.82. The van der Waals surface area contributed by atoms with Gasteiger partial charge in [0.2, 0.25) is 0 Å². The van der Waals surface area contributed by atoms with Gasteiger partial charge in [0.25, 0.3) is 5.91 Å². The van der Waals surface area contributed by atoms with Gasteiger partial charge in [0, 0.05) is 12.6 Å². The summed E-state index contributed by atoms with van der Waals surface area (Å²) >= 11 is 1.48. The van der Waals surface area contributed by atoms with Gasteiger partial charge in [-0.25, -0.2) is 4.98 Å². The highest BCUT2D eigenvalue weighted by Gasteiger charge is 2.33. The van der Waals surface area contributed by atoms with Crippen molar-refractivity contribution in [2.45, 2.75) is 38.6 Å². The second kappa shape index (κ2) is 5.60. The highest BCUT2D eigenvalue weighted by Crippen LogP contribution is 2.29. The van der Waals surface area contributed by atoms with Crippen LogP contribution < -0.4 is 0 Å². The van der Waals surface area contributed by atoms with Gasteiger partial charge in [0.15, 0.2) is 0 Å². The summed E-state index contributed by atoms with van der Waals surface area (Å²) in [6, 6.07) is 0.339. The van der Waals surface area contributed by atoms with E-state index in [0.29, 0.717) is 17.5 Å². The molecule has 17 heavy (non-hydrogen) atoms. The first-order valence-electron chi connectivity index (χ1n) is 6.12. The summed E-state index contributed by atoms with van der Waals surface area (Å²) in [5.74, 6) is 0.0291. The smallest absolute Gasteiger partial charge is 0.265 e. The third kappa shape index (κ3) is 3.04. The average Bonchev–Trinajstić information content (AvgIpc) is 3.06. The first kappa shape index (κ1) is 12.5. The third-order valence-corrected chi connectivity index (χ3v) is 3.86. The van der Waals surface area contributed by atoms with Crippen LogP contribution in [0, 0.1) is 0 Å². The number of hydrogen-bond acceptors (Lipinski definition) is 4. The molecule has 1 aromatic rings. The molecule has 1 heterocycles. The van der Waals surface area contributed by atoms with E-state index in [1.165, 1.54) is 11.3 Å². The molecular weight excluding hydrogens is 236 g/mol. The van der Waals surface area contributed by atoms with E-state index in [9.17, 15) is 4.79 Å². The number of carbonyl (C=O) groups is 1. The molecular formula is C12H18N2O2S. The monoisotopic (exact) mass is 254 g/mol. The zero-order valence-corrected chi connectivity index (χ0v) is 10.9. The van der Waals surface area contributed by atoms with Gasteiger partial charge < -0.3 is 10.0 Å². The molecule has 1 amide bonds. The van der Waals surface area contributed by atoms with Crippen LogP contribution in [0.25, 0.3) is 0 Å². The summed E-state index contributed by atoms with van der Waals surface area (Å²) in [7, 11) is 0. The second-order valence-corrected chi connectivity index (χ2v) is 5.44. The number of thiazole rings is 1. The quantitative estimate of drug-likeness (QED) is 0.840. The number of carbonyl (C=O) groups excluding carboxylic acids is 1. The second-order valence-electron chi connectivity index (χ2n) is 4.32. The first-order valence-corrected chi connectivity index (χ1v) is 6.94. The largest absolute Gasteiger partial charge is 0.395 e. The summed E-state index contributed by atoms with van der Waals surface area (Å²) in [5, 5.41) is 10.0. The number of hydrogen-bond donors (Lipinski definition) is 1. The summed E-state index contributed by atoms with van der Waals surface area (Å²) in [5.41, 5.74) is 0. The molecule has 1 saturated carbocycles. The highest BCUT2D eigenvalue weighted by atomic mass is 32.1. The van der Waals surface area contributed by atoms with Crippen molar-refractivity contribution in [2.75, 3.05) is 13.2 Å². The predicted octanol–water partition coefficient (Wildman–Crippen LogP) is 1.69. The molecule has 1 aliphatic carbocycles. The van der Waals surface area contributed by atoms with Crippen LogP contribution in [0.5, 0.6) is 0 Å². The summed E-state index contributed by atoms with van der Waals surface area (Å²) in [6.07, 6.45) is 5.77. The lowest BCUT2D eigenvalue weighted by Crippen LogP contribution is -2.35. The van der Waals surface area contributed by atoms with Gasteiger partial charge in [-0.3, -0.25) is 4.79 Å². The lowest BCUT2D eigenvalue weighted by atomic mass is 10.3. The maximum absolute atomic E-state index is 12.2. The molecule has 5 heteroatoms. The number of aliphatic hydroxyl groups excluding tert-OH is 1. The molecule has 4 nitrogen and oxygen atoms in total. The molecule has 1 aliphatic rings. The Labute approximate surface area is 105 Å². The molecule has 2 rings (SSSR count). The summed E-state index contributed by atoms with van der Waals surface area (Å²) in [6.45, 7) is 2.57. The molecule has 0 aromatic carbocycles. The maximum atomic E-state index is 12.2. The zero-order chi connectivity index (χ0) is 12.3. The molecule has 0 aliphatic heterocycles. The van der Waals surface area contributed by atoms with Crippen molar-refractivity contribution < 1.29 is 9.90 Å². The molecule has 0 bridgehead atoms. The highest BCUT2D eigenvalue weighted by molar-refractivity contribution is 7.13. The van der Waals surface area contributed by atoms with Crippen molar-refractivity contribution >= 4 is 17.2 Å². The van der Waals surface area contributed by atoms with Crippen molar-refractivity contribution in [1.82, 2.24) is 9.88 Å². The van der Waals surface area contributed by atoms with Gasteiger partial charge in [-0.15, -0.1) is 11.3 Å². The fourth-order valence-corrected chi connectivity index (χ4v) is 2.80. The Morgan fingerprint density at radius 3 is 3.00 bits per heavy atom. The third-order valence-electron chi connectivity index (χ3n) is 2.82. The molecule has 0 saturated heterocycles. The van der Waals surface area contributed by atoms with Crippen LogP contribution in [0.1, 0.15) is 40.9 Å². The van der Waals surface area contributed by atoms with Crippen LogP contribution in [0.2, 0.25) is 0 Å². The van der Waals surface area contributed by atoms with E-state index >= 15 is 0 Å². The van der Waals surface area contributed by atoms with Gasteiger partial charge in [-0.2, -0.15) is 0 Å². The standard InChI is InChI=1S/C12H18N2O2S/c1-2-3-11-13-8-10(17-11)12(16)14(6-7-15)9-4-5-9/h8-9,15H,2-7H2,1H3.